The van der Waals surface area contributed by atoms with E-state index in [4.69, 9.17) is 0 Å². The van der Waals surface area contributed by atoms with Crippen molar-refractivity contribution >= 4 is 33.7 Å². The third-order valence-electron chi connectivity index (χ3n) is 7.49. The number of likely N-dealkylation sites (tertiary alicyclic amines) is 1. The Labute approximate surface area is 232 Å². The summed E-state index contributed by atoms with van der Waals surface area (Å²) in [5.41, 5.74) is 2.56. The molecule has 0 bridgehead atoms. The van der Waals surface area contributed by atoms with E-state index in [0.717, 1.165) is 59.4 Å². The minimum atomic E-state index is -4.34. The molecule has 1 saturated heterocycles. The first-order valence-electron chi connectivity index (χ1n) is 12.6. The van der Waals surface area contributed by atoms with Gasteiger partial charge in [0.15, 0.2) is 0 Å². The van der Waals surface area contributed by atoms with Gasteiger partial charge in [0.25, 0.3) is 0 Å². The minimum absolute atomic E-state index is 0.174. The van der Waals surface area contributed by atoms with Gasteiger partial charge in [-0.2, -0.15) is 17.6 Å². The summed E-state index contributed by atoms with van der Waals surface area (Å²) in [7, 11) is 0. The average Bonchev–Trinajstić information content (AvgIpc) is 3.21. The summed E-state index contributed by atoms with van der Waals surface area (Å²) in [4.78, 5) is 20.8. The maximum Gasteiger partial charge on any atom is 0.416 e. The van der Waals surface area contributed by atoms with Crippen LogP contribution in [0.4, 0.5) is 28.0 Å². The molecule has 3 heterocycles. The molecule has 2 aliphatic heterocycles. The fourth-order valence-electron chi connectivity index (χ4n) is 5.36. The monoisotopic (exact) mass is 602 g/mol. The highest BCUT2D eigenvalue weighted by Gasteiger charge is 2.46. The Morgan fingerprint density at radius 2 is 1.82 bits per heavy atom. The van der Waals surface area contributed by atoms with Crippen molar-refractivity contribution in [3.63, 3.8) is 0 Å². The van der Waals surface area contributed by atoms with Crippen LogP contribution in [-0.2, 0) is 18.1 Å². The number of hydrogen-bond donors (Lipinski definition) is 1. The van der Waals surface area contributed by atoms with Crippen molar-refractivity contribution in [1.29, 1.82) is 0 Å². The van der Waals surface area contributed by atoms with E-state index in [1.54, 1.807) is 11.0 Å². The van der Waals surface area contributed by atoms with E-state index in [-0.39, 0.29) is 18.0 Å². The van der Waals surface area contributed by atoms with Gasteiger partial charge in [-0.3, -0.25) is 9.80 Å². The van der Waals surface area contributed by atoms with Gasteiger partial charge in [-0.25, -0.2) is 9.78 Å². The number of carbonyl (C=O) groups is 1. The van der Waals surface area contributed by atoms with Crippen molar-refractivity contribution in [3.05, 3.63) is 99.5 Å². The summed E-state index contributed by atoms with van der Waals surface area (Å²) < 4.78 is 52.7. The van der Waals surface area contributed by atoms with E-state index in [0.29, 0.717) is 18.7 Å². The Morgan fingerprint density at radius 1 is 1.08 bits per heavy atom. The molecular weight excluding hydrogens is 576 g/mol. The van der Waals surface area contributed by atoms with Crippen molar-refractivity contribution in [2.75, 3.05) is 31.1 Å². The topological polar surface area (TPSA) is 48.5 Å². The Morgan fingerprint density at radius 3 is 2.51 bits per heavy atom. The molecule has 5 nitrogen and oxygen atoms in total. The van der Waals surface area contributed by atoms with Crippen LogP contribution in [0.3, 0.4) is 0 Å². The zero-order chi connectivity index (χ0) is 27.6. The molecule has 0 radical (unpaired) electrons. The molecule has 1 aromatic heterocycles. The highest BCUT2D eigenvalue weighted by Crippen LogP contribution is 2.48. The van der Waals surface area contributed by atoms with Crippen molar-refractivity contribution in [2.45, 2.75) is 31.0 Å². The van der Waals surface area contributed by atoms with Gasteiger partial charge < -0.3 is 5.32 Å². The highest BCUT2D eigenvalue weighted by atomic mass is 79.9. The number of amides is 2. The second-order valence-electron chi connectivity index (χ2n) is 10.00. The second kappa shape index (κ2) is 11.1. The number of alkyl halides is 3. The number of benzene rings is 2. The lowest BCUT2D eigenvalue weighted by atomic mass is 9.74. The van der Waals surface area contributed by atoms with Crippen LogP contribution >= 0.6 is 15.9 Å². The first-order valence-corrected chi connectivity index (χ1v) is 13.4. The van der Waals surface area contributed by atoms with Crippen molar-refractivity contribution < 1.29 is 22.4 Å². The van der Waals surface area contributed by atoms with Crippen LogP contribution in [-0.4, -0.2) is 42.1 Å². The number of fused-ring (bicyclic) bond motifs is 2. The third-order valence-corrected chi connectivity index (χ3v) is 7.98. The molecule has 2 aromatic carbocycles. The molecule has 1 spiro atoms. The van der Waals surface area contributed by atoms with Gasteiger partial charge in [-0.05, 0) is 85.1 Å². The number of nitrogens with zero attached hydrogens (tertiary/aromatic N) is 3. The molecule has 0 aliphatic carbocycles. The number of nitrogens with one attached hydrogen (secondary N) is 1. The molecule has 39 heavy (non-hydrogen) atoms. The average molecular weight is 603 g/mol. The van der Waals surface area contributed by atoms with Crippen LogP contribution in [0.25, 0.3) is 6.08 Å². The smallest absolute Gasteiger partial charge is 0.334 e. The van der Waals surface area contributed by atoms with E-state index < -0.39 is 17.7 Å². The van der Waals surface area contributed by atoms with Gasteiger partial charge in [0, 0.05) is 41.4 Å². The van der Waals surface area contributed by atoms with Crippen LogP contribution in [0, 0.1) is 5.95 Å². The number of hydrogen-bond acceptors (Lipinski definition) is 3. The Balaban J connectivity index is 1.22. The van der Waals surface area contributed by atoms with E-state index in [1.165, 1.54) is 24.4 Å². The number of aromatic nitrogens is 1. The Kier molecular flexibility index (Phi) is 7.77. The highest BCUT2D eigenvalue weighted by molar-refractivity contribution is 9.10. The van der Waals surface area contributed by atoms with Crippen LogP contribution in [0.15, 0.2) is 71.3 Å². The number of pyridine rings is 1. The fourth-order valence-corrected chi connectivity index (χ4v) is 5.72. The maximum absolute atomic E-state index is 13.4. The van der Waals surface area contributed by atoms with Crippen molar-refractivity contribution in [1.82, 2.24) is 15.2 Å². The molecule has 0 saturated carbocycles. The largest absolute Gasteiger partial charge is 0.416 e. The molecule has 0 atom stereocenters. The Bertz CT molecular complexity index is 1370. The number of rotatable bonds is 5. The summed E-state index contributed by atoms with van der Waals surface area (Å²) in [6.45, 7) is 3.11. The van der Waals surface area contributed by atoms with Gasteiger partial charge >= 0.3 is 12.2 Å². The molecule has 3 aromatic rings. The first-order chi connectivity index (χ1) is 18.6. The predicted octanol–water partition coefficient (Wildman–Crippen LogP) is 6.78. The molecule has 1 N–H and O–H groups in total. The lowest BCUT2D eigenvalue weighted by Gasteiger charge is -2.39. The van der Waals surface area contributed by atoms with Crippen LogP contribution in [0.1, 0.15) is 35.1 Å². The van der Waals surface area contributed by atoms with E-state index in [9.17, 15) is 22.4 Å². The lowest BCUT2D eigenvalue weighted by molar-refractivity contribution is -0.137. The standard InChI is InChI=1S/C29H27BrF4N4O/c30-23-7-8-25-24(17-23)28(19-38(25)27(39)36-18-21-9-12-35-26(31)16-21)10-14-37(15-11-28)13-1-2-20-3-5-22(6-4-20)29(32,33)34/h1-9,12,16-17H,10-11,13-15,18-19H2,(H,36,39). The fraction of sp³-hybridized carbons (Fsp3) is 0.310. The number of urea groups is 1. The third kappa shape index (κ3) is 6.17. The zero-order valence-corrected chi connectivity index (χ0v) is 22.6. The Hall–Kier alpha value is -3.24. The molecule has 1 fully saturated rings. The summed E-state index contributed by atoms with van der Waals surface area (Å²) in [6.07, 6.45) is 2.58. The van der Waals surface area contributed by atoms with E-state index in [1.807, 2.05) is 24.3 Å². The molecule has 204 valence electrons. The van der Waals surface area contributed by atoms with E-state index >= 15 is 0 Å². The zero-order valence-electron chi connectivity index (χ0n) is 21.0. The molecule has 0 unspecified atom stereocenters. The summed E-state index contributed by atoms with van der Waals surface area (Å²) in [5.74, 6) is -0.585. The van der Waals surface area contributed by atoms with Crippen molar-refractivity contribution in [2.24, 2.45) is 0 Å². The number of anilines is 1. The van der Waals surface area contributed by atoms with Crippen LogP contribution in [0.2, 0.25) is 0 Å². The molecule has 2 amide bonds. The molecule has 5 rings (SSSR count). The van der Waals surface area contributed by atoms with Gasteiger partial charge in [0.1, 0.15) is 0 Å². The van der Waals surface area contributed by atoms with Gasteiger partial charge in [0.2, 0.25) is 5.95 Å². The summed E-state index contributed by atoms with van der Waals surface area (Å²) in [5, 5.41) is 2.91. The molecule has 10 heteroatoms. The van der Waals surface area contributed by atoms with Gasteiger partial charge in [-0.1, -0.05) is 40.2 Å². The predicted molar refractivity (Wildman–Crippen MR) is 146 cm³/mol. The molecular formula is C29H27BrF4N4O. The lowest BCUT2D eigenvalue weighted by Crippen LogP contribution is -2.47. The number of halogens is 5. The SMILES string of the molecule is O=C(NCc1ccnc(F)c1)N1CC2(CCN(CC=Cc3ccc(C(F)(F)F)cc3)CC2)c2cc(Br)ccc21. The number of piperidine rings is 1. The molecule has 2 aliphatic rings. The minimum Gasteiger partial charge on any atom is -0.334 e. The van der Waals surface area contributed by atoms with Crippen LogP contribution in [0.5, 0.6) is 0 Å². The second-order valence-corrected chi connectivity index (χ2v) is 10.9. The number of carbonyl (C=O) groups excluding carboxylic acids is 1. The first kappa shape index (κ1) is 27.3. The van der Waals surface area contributed by atoms with Gasteiger partial charge in [0.05, 0.1) is 5.56 Å². The van der Waals surface area contributed by atoms with Gasteiger partial charge in [-0.15, -0.1) is 0 Å². The van der Waals surface area contributed by atoms with E-state index in [2.05, 4.69) is 37.2 Å². The summed E-state index contributed by atoms with van der Waals surface area (Å²) >= 11 is 3.58. The normalized spacial score (nSPS) is 17.1. The van der Waals surface area contributed by atoms with Crippen molar-refractivity contribution in [3.8, 4) is 0 Å². The quantitative estimate of drug-likeness (QED) is 0.259. The summed E-state index contributed by atoms with van der Waals surface area (Å²) in [6, 6.07) is 13.9. The maximum atomic E-state index is 13.4. The van der Waals surface area contributed by atoms with Crippen LogP contribution < -0.4 is 10.2 Å².